The highest BCUT2D eigenvalue weighted by Crippen LogP contribution is 2.33. The number of rotatable bonds is 52. The third kappa shape index (κ3) is 35.8. The molecule has 0 aromatic heterocycles. The molecule has 0 aliphatic carbocycles. The first-order valence-electron chi connectivity index (χ1n) is 35.3. The predicted octanol–water partition coefficient (Wildman–Crippen LogP) is 9.60. The van der Waals surface area contributed by atoms with Gasteiger partial charge in [0.05, 0.1) is 38.6 Å². The number of ether oxygens (including phenoxy) is 6. The highest BCUT2D eigenvalue weighted by molar-refractivity contribution is 5.76. The first-order chi connectivity index (χ1) is 45.3. The Morgan fingerprint density at radius 2 is 0.753 bits per heavy atom. The fourth-order valence-electron chi connectivity index (χ4n) is 11.0. The van der Waals surface area contributed by atoms with Gasteiger partial charge in [-0.25, -0.2) is 0 Å². The second-order valence-electron chi connectivity index (χ2n) is 24.6. The summed E-state index contributed by atoms with van der Waals surface area (Å²) in [4.78, 5) is 13.4. The maximum absolute atomic E-state index is 13.4. The molecule has 19 nitrogen and oxygen atoms in total. The molecule has 93 heavy (non-hydrogen) atoms. The molecule has 0 bridgehead atoms. The average molecular weight is 1310 g/mol. The van der Waals surface area contributed by atoms with E-state index in [9.17, 15) is 61.0 Å². The van der Waals surface area contributed by atoms with E-state index in [-0.39, 0.29) is 18.9 Å². The lowest BCUT2D eigenvalue weighted by atomic mass is 9.96. The minimum absolute atomic E-state index is 0.225. The highest BCUT2D eigenvalue weighted by Gasteiger charge is 2.53. The predicted molar refractivity (Wildman–Crippen MR) is 364 cm³/mol. The van der Waals surface area contributed by atoms with Crippen molar-refractivity contribution in [1.82, 2.24) is 5.32 Å². The van der Waals surface area contributed by atoms with Crippen LogP contribution in [0.25, 0.3) is 0 Å². The molecule has 19 heteroatoms. The first-order valence-corrected chi connectivity index (χ1v) is 35.3. The molecule has 17 unspecified atom stereocenters. The summed E-state index contributed by atoms with van der Waals surface area (Å²) in [6.07, 6.45) is 47.8. The van der Waals surface area contributed by atoms with Crippen molar-refractivity contribution >= 4 is 5.91 Å². The second kappa shape index (κ2) is 54.2. The molecule has 0 aromatic carbocycles. The van der Waals surface area contributed by atoms with Gasteiger partial charge in [-0.3, -0.25) is 4.79 Å². The summed E-state index contributed by atoms with van der Waals surface area (Å²) in [5.41, 5.74) is 0. The largest absolute Gasteiger partial charge is 0.394 e. The Kier molecular flexibility index (Phi) is 48.6. The number of hydrogen-bond acceptors (Lipinski definition) is 18. The molecule has 0 radical (unpaired) electrons. The van der Waals surface area contributed by atoms with E-state index in [1.807, 2.05) is 6.08 Å². The number of nitrogens with one attached hydrogen (secondary N) is 1. The molecule has 12 N–H and O–H groups in total. The Morgan fingerprint density at radius 3 is 1.19 bits per heavy atom. The quantitative estimate of drug-likeness (QED) is 0.0199. The van der Waals surface area contributed by atoms with Crippen LogP contribution >= 0.6 is 0 Å². The summed E-state index contributed by atoms with van der Waals surface area (Å²) >= 11 is 0. The van der Waals surface area contributed by atoms with Gasteiger partial charge in [0.1, 0.15) is 73.2 Å². The van der Waals surface area contributed by atoms with Crippen molar-refractivity contribution in [3.63, 3.8) is 0 Å². The zero-order valence-corrected chi connectivity index (χ0v) is 56.2. The summed E-state index contributed by atoms with van der Waals surface area (Å²) in [5, 5.41) is 120. The van der Waals surface area contributed by atoms with E-state index in [1.54, 1.807) is 6.08 Å². The third-order valence-corrected chi connectivity index (χ3v) is 16.7. The number of amides is 1. The van der Waals surface area contributed by atoms with Gasteiger partial charge < -0.3 is 89.9 Å². The zero-order valence-electron chi connectivity index (χ0n) is 56.2. The number of carbonyl (C=O) groups excluding carboxylic acids is 1. The van der Waals surface area contributed by atoms with Crippen LogP contribution in [0.4, 0.5) is 0 Å². The molecule has 0 spiro atoms. The van der Waals surface area contributed by atoms with Crippen molar-refractivity contribution in [3.05, 3.63) is 122 Å². The van der Waals surface area contributed by atoms with E-state index in [2.05, 4.69) is 129 Å². The molecule has 0 aromatic rings. The minimum Gasteiger partial charge on any atom is -0.394 e. The van der Waals surface area contributed by atoms with Gasteiger partial charge in [0.25, 0.3) is 0 Å². The third-order valence-electron chi connectivity index (χ3n) is 16.7. The first kappa shape index (κ1) is 83.4. The lowest BCUT2D eigenvalue weighted by Crippen LogP contribution is -2.66. The topological polar surface area (TPSA) is 307 Å². The Hall–Kier alpha value is -3.81. The van der Waals surface area contributed by atoms with Gasteiger partial charge in [-0.2, -0.15) is 0 Å². The van der Waals surface area contributed by atoms with Crippen LogP contribution in [0.1, 0.15) is 206 Å². The van der Waals surface area contributed by atoms with Gasteiger partial charge in [-0.15, -0.1) is 0 Å². The van der Waals surface area contributed by atoms with Crippen molar-refractivity contribution in [3.8, 4) is 0 Å². The molecule has 0 saturated carbocycles. The molecule has 3 fully saturated rings. The smallest absolute Gasteiger partial charge is 0.220 e. The molecule has 532 valence electrons. The Morgan fingerprint density at radius 1 is 0.398 bits per heavy atom. The fraction of sp³-hybridized carbons (Fsp3) is 0.716. The standard InChI is InChI=1S/C74H123NO18/c1-3-5-7-9-11-13-15-16-17-18-19-20-21-22-23-24-25-26-27-28-29-30-31-32-33-34-35-36-37-38-39-40-42-44-46-48-50-52-62(80)75-57(58(79)51-49-47-45-43-41-14-12-10-8-6-4-2)56-88-72-68(86)65(83)70(60(54-77)90-72)93-74-69(87)66(84)71(61(55-78)91-74)92-73-67(85)64(82)63(81)59(53-76)89-73/h5,7-8,10-11,13,16-17,19-20,22-23,25-26,28-29,41,43,49,51,57-61,63-74,76-79,81-87H,3-4,6,9,12,14-15,18,21,24,27,30-40,42,44-48,50,52-56H2,1-2H3,(H,75,80)/b7-5-,10-8+,13-11-,17-16-,20-19-,23-22-,26-25-,29-28-,43-41+,51-49+. The van der Waals surface area contributed by atoms with Crippen LogP contribution in [0, 0.1) is 0 Å². The number of carbonyl (C=O) groups is 1. The van der Waals surface area contributed by atoms with Crippen LogP contribution in [-0.2, 0) is 33.2 Å². The summed E-state index contributed by atoms with van der Waals surface area (Å²) in [6.45, 7) is 1.48. The second-order valence-corrected chi connectivity index (χ2v) is 24.6. The van der Waals surface area contributed by atoms with Crippen LogP contribution in [0.3, 0.4) is 0 Å². The molecule has 3 saturated heterocycles. The molecule has 17 atom stereocenters. The molecular weight excluding hydrogens is 1190 g/mol. The molecule has 3 rings (SSSR count). The van der Waals surface area contributed by atoms with Crippen LogP contribution in [0.2, 0.25) is 0 Å². The Labute approximate surface area is 557 Å². The maximum atomic E-state index is 13.4. The minimum atomic E-state index is -1.99. The number of hydrogen-bond donors (Lipinski definition) is 12. The molecule has 3 heterocycles. The maximum Gasteiger partial charge on any atom is 0.220 e. The van der Waals surface area contributed by atoms with Crippen molar-refractivity contribution < 1.29 is 89.4 Å². The van der Waals surface area contributed by atoms with Gasteiger partial charge >= 0.3 is 0 Å². The van der Waals surface area contributed by atoms with Gasteiger partial charge in [-0.1, -0.05) is 225 Å². The number of allylic oxidation sites excluding steroid dienone is 19. The van der Waals surface area contributed by atoms with E-state index in [0.717, 1.165) is 109 Å². The van der Waals surface area contributed by atoms with Crippen molar-refractivity contribution in [1.29, 1.82) is 0 Å². The van der Waals surface area contributed by atoms with Crippen LogP contribution < -0.4 is 5.32 Å². The van der Waals surface area contributed by atoms with Gasteiger partial charge in [0.15, 0.2) is 18.9 Å². The van der Waals surface area contributed by atoms with Crippen molar-refractivity contribution in [2.75, 3.05) is 26.4 Å². The van der Waals surface area contributed by atoms with Gasteiger partial charge in [0, 0.05) is 6.42 Å². The Bertz CT molecular complexity index is 2160. The van der Waals surface area contributed by atoms with E-state index >= 15 is 0 Å². The summed E-state index contributed by atoms with van der Waals surface area (Å²) in [7, 11) is 0. The van der Waals surface area contributed by atoms with Crippen LogP contribution in [0.5, 0.6) is 0 Å². The normalized spacial score (nSPS) is 28.3. The van der Waals surface area contributed by atoms with Crippen LogP contribution in [0.15, 0.2) is 122 Å². The molecule has 3 aliphatic heterocycles. The summed E-state index contributed by atoms with van der Waals surface area (Å²) in [6, 6.07) is -1.00. The van der Waals surface area contributed by atoms with Gasteiger partial charge in [0.2, 0.25) is 5.91 Å². The Balaban J connectivity index is 1.32. The monoisotopic (exact) mass is 1310 g/mol. The SMILES string of the molecule is CC/C=C\C/C=C\C/C=C\C/C=C\C/C=C\C/C=C\C/C=C\CCCCCCCCCCCCCCCCCC(=O)NC(COC1OC(CO)C(OC2OC(CO)C(OC3OC(CO)C(O)C(O)C3O)C(O)C2O)C(O)C1O)C(O)/C=C/CC/C=C/CC/C=C/CCC. The number of aliphatic hydroxyl groups excluding tert-OH is 11. The molecule has 1 amide bonds. The summed E-state index contributed by atoms with van der Waals surface area (Å²) in [5.74, 6) is -0.297. The molecular formula is C74H123NO18. The number of aliphatic hydroxyl groups is 11. The van der Waals surface area contributed by atoms with E-state index < -0.39 is 124 Å². The van der Waals surface area contributed by atoms with E-state index in [1.165, 1.54) is 64.2 Å². The molecule has 3 aliphatic rings. The van der Waals surface area contributed by atoms with E-state index in [0.29, 0.717) is 12.8 Å². The summed E-state index contributed by atoms with van der Waals surface area (Å²) < 4.78 is 34.2. The lowest BCUT2D eigenvalue weighted by Gasteiger charge is -2.48. The average Bonchev–Trinajstić information content (AvgIpc) is 0.805. The van der Waals surface area contributed by atoms with Gasteiger partial charge in [-0.05, 0) is 96.3 Å². The highest BCUT2D eigenvalue weighted by atomic mass is 16.8. The van der Waals surface area contributed by atoms with E-state index in [4.69, 9.17) is 28.4 Å². The fourth-order valence-corrected chi connectivity index (χ4v) is 11.0. The lowest BCUT2D eigenvalue weighted by molar-refractivity contribution is -0.379. The van der Waals surface area contributed by atoms with Crippen LogP contribution in [-0.4, -0.2) is 193 Å². The zero-order chi connectivity index (χ0) is 67.5. The number of unbranched alkanes of at least 4 members (excludes halogenated alkanes) is 18. The van der Waals surface area contributed by atoms with Crippen molar-refractivity contribution in [2.45, 2.75) is 311 Å². The van der Waals surface area contributed by atoms with Crippen molar-refractivity contribution in [2.24, 2.45) is 0 Å².